The molecule has 0 saturated carbocycles. The van der Waals surface area contributed by atoms with Crippen molar-refractivity contribution in [3.05, 3.63) is 46.7 Å². The van der Waals surface area contributed by atoms with Gasteiger partial charge in [0.15, 0.2) is 0 Å². The van der Waals surface area contributed by atoms with Gasteiger partial charge in [0, 0.05) is 23.1 Å². The number of thiophene rings is 1. The van der Waals surface area contributed by atoms with Crippen molar-refractivity contribution < 1.29 is 9.00 Å². The molecule has 0 fully saturated rings. The second-order valence-electron chi connectivity index (χ2n) is 5.64. The third-order valence-corrected chi connectivity index (χ3v) is 5.06. The Bertz CT molecular complexity index is 619. The summed E-state index contributed by atoms with van der Waals surface area (Å²) in [5.41, 5.74) is 3.35. The van der Waals surface area contributed by atoms with Crippen LogP contribution < -0.4 is 5.32 Å². The number of hydrogen-bond donors (Lipinski definition) is 1. The van der Waals surface area contributed by atoms with Crippen LogP contribution in [0.25, 0.3) is 11.1 Å². The number of carbonyl (C=O) groups excluding carboxylic acids is 1. The van der Waals surface area contributed by atoms with Crippen LogP contribution in [0.5, 0.6) is 0 Å². The van der Waals surface area contributed by atoms with Crippen molar-refractivity contribution in [2.75, 3.05) is 12.3 Å². The van der Waals surface area contributed by atoms with E-state index in [2.05, 4.69) is 16.8 Å². The molecule has 1 amide bonds. The molecule has 1 aromatic heterocycles. The van der Waals surface area contributed by atoms with E-state index in [4.69, 9.17) is 0 Å². The summed E-state index contributed by atoms with van der Waals surface area (Å²) >= 11 is 1.67. The minimum absolute atomic E-state index is 0.0685. The summed E-state index contributed by atoms with van der Waals surface area (Å²) in [6.45, 7) is 4.70. The van der Waals surface area contributed by atoms with Gasteiger partial charge in [-0.05, 0) is 39.4 Å². The summed E-state index contributed by atoms with van der Waals surface area (Å²) in [5.74, 6) is 0.752. The molecule has 5 heteroatoms. The lowest BCUT2D eigenvalue weighted by molar-refractivity contribution is -0.118. The van der Waals surface area contributed by atoms with E-state index < -0.39 is 10.8 Å². The molecule has 0 bridgehead atoms. The Hall–Kier alpha value is -1.46. The van der Waals surface area contributed by atoms with Crippen molar-refractivity contribution in [3.8, 4) is 11.1 Å². The van der Waals surface area contributed by atoms with Crippen LogP contribution in [0, 0.1) is 5.92 Å². The van der Waals surface area contributed by atoms with E-state index in [1.165, 1.54) is 5.56 Å². The minimum atomic E-state index is -1.17. The molecule has 1 N–H and O–H groups in total. The van der Waals surface area contributed by atoms with Crippen LogP contribution in [-0.2, 0) is 21.3 Å². The number of nitrogens with one attached hydrogen (secondary N) is 1. The van der Waals surface area contributed by atoms with Crippen molar-refractivity contribution >= 4 is 28.0 Å². The van der Waals surface area contributed by atoms with E-state index in [1.807, 2.05) is 43.5 Å². The van der Waals surface area contributed by atoms with Crippen molar-refractivity contribution in [2.24, 2.45) is 5.92 Å². The third kappa shape index (κ3) is 5.39. The van der Waals surface area contributed by atoms with E-state index in [0.29, 0.717) is 18.2 Å². The fraction of sp³-hybridized carbons (Fsp3) is 0.353. The van der Waals surface area contributed by atoms with Crippen LogP contribution >= 0.6 is 11.3 Å². The maximum absolute atomic E-state index is 12.0. The highest BCUT2D eigenvalue weighted by Crippen LogP contribution is 2.22. The Kier molecular flexibility index (Phi) is 6.34. The van der Waals surface area contributed by atoms with Crippen molar-refractivity contribution in [3.63, 3.8) is 0 Å². The molecule has 118 valence electrons. The summed E-state index contributed by atoms with van der Waals surface area (Å²) in [6, 6.07) is 10.1. The fourth-order valence-corrected chi connectivity index (χ4v) is 3.70. The molecule has 0 saturated heterocycles. The molecular formula is C17H21NO2S2. The zero-order chi connectivity index (χ0) is 15.9. The van der Waals surface area contributed by atoms with Gasteiger partial charge in [-0.25, -0.2) is 0 Å². The molecule has 0 radical (unpaired) electrons. The Morgan fingerprint density at radius 1 is 1.18 bits per heavy atom. The first-order valence-electron chi connectivity index (χ1n) is 7.28. The summed E-state index contributed by atoms with van der Waals surface area (Å²) in [7, 11) is -1.17. The third-order valence-electron chi connectivity index (χ3n) is 3.14. The number of carbonyl (C=O) groups is 1. The van der Waals surface area contributed by atoms with E-state index in [1.54, 1.807) is 11.3 Å². The highest BCUT2D eigenvalue weighted by molar-refractivity contribution is 7.84. The normalized spacial score (nSPS) is 12.3. The number of amides is 1. The molecule has 0 spiro atoms. The monoisotopic (exact) mass is 335 g/mol. The van der Waals surface area contributed by atoms with Gasteiger partial charge in [-0.15, -0.1) is 0 Å². The van der Waals surface area contributed by atoms with Gasteiger partial charge in [0.2, 0.25) is 5.91 Å². The molecule has 1 heterocycles. The zero-order valence-corrected chi connectivity index (χ0v) is 14.5. The van der Waals surface area contributed by atoms with Gasteiger partial charge in [0.25, 0.3) is 0 Å². The second-order valence-corrected chi connectivity index (χ2v) is 7.87. The molecule has 22 heavy (non-hydrogen) atoms. The maximum Gasteiger partial charge on any atom is 0.232 e. The van der Waals surface area contributed by atoms with Crippen LogP contribution in [0.3, 0.4) is 0 Å². The first-order valence-corrected chi connectivity index (χ1v) is 9.71. The molecule has 1 unspecified atom stereocenters. The molecule has 0 aliphatic heterocycles. The van der Waals surface area contributed by atoms with Crippen LogP contribution in [-0.4, -0.2) is 22.4 Å². The summed E-state index contributed by atoms with van der Waals surface area (Å²) < 4.78 is 12.0. The molecule has 2 rings (SSSR count). The summed E-state index contributed by atoms with van der Waals surface area (Å²) in [6.07, 6.45) is 0. The van der Waals surface area contributed by atoms with E-state index in [-0.39, 0.29) is 11.7 Å². The summed E-state index contributed by atoms with van der Waals surface area (Å²) in [5, 5.41) is 6.95. The lowest BCUT2D eigenvalue weighted by atomic mass is 10.1. The maximum atomic E-state index is 12.0. The Balaban J connectivity index is 1.85. The van der Waals surface area contributed by atoms with Gasteiger partial charge in [0.05, 0.1) is 0 Å². The Morgan fingerprint density at radius 3 is 2.50 bits per heavy atom. The molecule has 1 aromatic carbocycles. The molecule has 0 aliphatic rings. The zero-order valence-electron chi connectivity index (χ0n) is 12.9. The van der Waals surface area contributed by atoms with Crippen LogP contribution in [0.15, 0.2) is 41.1 Å². The molecule has 1 atom stereocenters. The van der Waals surface area contributed by atoms with Crippen molar-refractivity contribution in [2.45, 2.75) is 19.6 Å². The SMILES string of the molecule is CC(C)CNC(=O)CS(=O)Cc1ccc(-c2ccsc2)cc1. The first kappa shape index (κ1) is 16.9. The highest BCUT2D eigenvalue weighted by Gasteiger charge is 2.09. The van der Waals surface area contributed by atoms with Gasteiger partial charge in [-0.1, -0.05) is 38.1 Å². The molecular weight excluding hydrogens is 314 g/mol. The minimum Gasteiger partial charge on any atom is -0.355 e. The summed E-state index contributed by atoms with van der Waals surface area (Å²) in [4.78, 5) is 11.7. The second kappa shape index (κ2) is 8.25. The van der Waals surface area contributed by atoms with E-state index in [9.17, 15) is 9.00 Å². The predicted octanol–water partition coefficient (Wildman–Crippen LogP) is 3.44. The molecule has 0 aliphatic carbocycles. The number of benzene rings is 1. The highest BCUT2D eigenvalue weighted by atomic mass is 32.2. The van der Waals surface area contributed by atoms with E-state index >= 15 is 0 Å². The van der Waals surface area contributed by atoms with Gasteiger partial charge in [-0.3, -0.25) is 9.00 Å². The lowest BCUT2D eigenvalue weighted by Crippen LogP contribution is -2.31. The largest absolute Gasteiger partial charge is 0.355 e. The smallest absolute Gasteiger partial charge is 0.232 e. The Labute approximate surface area is 138 Å². The first-order chi connectivity index (χ1) is 10.5. The van der Waals surface area contributed by atoms with Gasteiger partial charge < -0.3 is 5.32 Å². The van der Waals surface area contributed by atoms with Gasteiger partial charge >= 0.3 is 0 Å². The topological polar surface area (TPSA) is 46.2 Å². The van der Waals surface area contributed by atoms with Crippen molar-refractivity contribution in [1.82, 2.24) is 5.32 Å². The fourth-order valence-electron chi connectivity index (χ4n) is 1.97. The van der Waals surface area contributed by atoms with E-state index in [0.717, 1.165) is 11.1 Å². The van der Waals surface area contributed by atoms with Crippen LogP contribution in [0.2, 0.25) is 0 Å². The van der Waals surface area contributed by atoms with Gasteiger partial charge in [-0.2, -0.15) is 11.3 Å². The standard InChI is InChI=1S/C17H21NO2S2/c1-13(2)9-18-17(19)12-22(20)11-14-3-5-15(6-4-14)16-7-8-21-10-16/h3-8,10,13H,9,11-12H2,1-2H3,(H,18,19). The Morgan fingerprint density at radius 2 is 1.91 bits per heavy atom. The number of hydrogen-bond acceptors (Lipinski definition) is 3. The molecule has 2 aromatic rings. The van der Waals surface area contributed by atoms with Gasteiger partial charge in [0.1, 0.15) is 5.75 Å². The lowest BCUT2D eigenvalue weighted by Gasteiger charge is -2.08. The van der Waals surface area contributed by atoms with Crippen LogP contribution in [0.1, 0.15) is 19.4 Å². The average Bonchev–Trinajstić information content (AvgIpc) is 3.00. The number of rotatable bonds is 7. The predicted molar refractivity (Wildman–Crippen MR) is 94.3 cm³/mol. The van der Waals surface area contributed by atoms with Crippen LogP contribution in [0.4, 0.5) is 0 Å². The van der Waals surface area contributed by atoms with Crippen molar-refractivity contribution in [1.29, 1.82) is 0 Å². The quantitative estimate of drug-likeness (QED) is 0.842. The average molecular weight is 335 g/mol. The molecule has 3 nitrogen and oxygen atoms in total.